The molecule has 20 heavy (non-hydrogen) atoms. The van der Waals surface area contributed by atoms with Gasteiger partial charge in [-0.05, 0) is 48.5 Å². The molecule has 4 nitrogen and oxygen atoms in total. The van der Waals surface area contributed by atoms with Crippen molar-refractivity contribution in [2.75, 3.05) is 6.61 Å². The number of oxime groups is 1. The second-order valence-corrected chi connectivity index (χ2v) is 5.90. The fourth-order valence-corrected chi connectivity index (χ4v) is 2.08. The summed E-state index contributed by atoms with van der Waals surface area (Å²) >= 11 is 3.35. The van der Waals surface area contributed by atoms with Gasteiger partial charge in [-0.1, -0.05) is 44.7 Å². The first-order valence-corrected chi connectivity index (χ1v) is 8.55. The van der Waals surface area contributed by atoms with Crippen molar-refractivity contribution in [3.63, 3.8) is 0 Å². The molecular weight excluding hydrogens is 322 g/mol. The topological polar surface area (TPSA) is 47.9 Å². The number of rotatable bonds is 12. The first-order valence-electron chi connectivity index (χ1n) is 7.63. The summed E-state index contributed by atoms with van der Waals surface area (Å²) in [5.74, 6) is -0.420. The fourth-order valence-electron chi connectivity index (χ4n) is 1.59. The van der Waals surface area contributed by atoms with E-state index in [9.17, 15) is 4.79 Å². The third kappa shape index (κ3) is 11.3. The first-order chi connectivity index (χ1) is 9.61. The highest BCUT2D eigenvalue weighted by atomic mass is 79.9. The zero-order chi connectivity index (χ0) is 15.2. The Morgan fingerprint density at radius 3 is 2.40 bits per heavy atom. The van der Waals surface area contributed by atoms with E-state index >= 15 is 0 Å². The normalized spacial score (nSPS) is 13.1. The number of hydrogen-bond acceptors (Lipinski definition) is 4. The van der Waals surface area contributed by atoms with Gasteiger partial charge < -0.3 is 9.57 Å². The minimum Gasteiger partial charge on any atom is -0.446 e. The molecule has 0 bridgehead atoms. The van der Waals surface area contributed by atoms with Gasteiger partial charge in [-0.2, -0.15) is 0 Å². The van der Waals surface area contributed by atoms with Gasteiger partial charge >= 0.3 is 5.97 Å². The van der Waals surface area contributed by atoms with Gasteiger partial charge in [0.25, 0.3) is 0 Å². The lowest BCUT2D eigenvalue weighted by Crippen LogP contribution is -2.19. The Morgan fingerprint density at radius 1 is 1.10 bits per heavy atom. The zero-order valence-electron chi connectivity index (χ0n) is 13.0. The summed E-state index contributed by atoms with van der Waals surface area (Å²) in [6, 6.07) is 0. The van der Waals surface area contributed by atoms with Crippen molar-refractivity contribution in [2.45, 2.75) is 77.2 Å². The number of carbonyl (C=O) groups excluding carboxylic acids is 1. The van der Waals surface area contributed by atoms with Gasteiger partial charge in [-0.25, -0.2) is 4.79 Å². The van der Waals surface area contributed by atoms with Crippen LogP contribution in [0.25, 0.3) is 0 Å². The van der Waals surface area contributed by atoms with E-state index in [0.717, 1.165) is 38.5 Å². The van der Waals surface area contributed by atoms with Crippen LogP contribution < -0.4 is 0 Å². The Kier molecular flexibility index (Phi) is 13.0. The Balaban J connectivity index is 3.77. The number of hydrogen-bond donors (Lipinski definition) is 0. The molecule has 0 radical (unpaired) electrons. The smallest absolute Gasteiger partial charge is 0.356 e. The van der Waals surface area contributed by atoms with E-state index in [4.69, 9.17) is 9.57 Å². The number of unbranched alkanes of at least 4 members (excludes halogenated alkanes) is 5. The van der Waals surface area contributed by atoms with Crippen LogP contribution in [0, 0.1) is 0 Å². The second kappa shape index (κ2) is 13.4. The predicted molar refractivity (Wildman–Crippen MR) is 86.2 cm³/mol. The Bertz CT molecular complexity index is 282. The molecule has 0 saturated carbocycles. The minimum absolute atomic E-state index is 0.240. The van der Waals surface area contributed by atoms with E-state index in [1.165, 1.54) is 12.8 Å². The SMILES string of the molecule is CCCCCCON=C(C)C(=O)OC(Br)CCCCC. The molecule has 1 unspecified atom stereocenters. The second-order valence-electron chi connectivity index (χ2n) is 4.88. The molecule has 0 fully saturated rings. The maximum absolute atomic E-state index is 11.7. The molecule has 0 rings (SSSR count). The number of nitrogens with zero attached hydrogens (tertiary/aromatic N) is 1. The number of halogens is 1. The molecule has 118 valence electrons. The van der Waals surface area contributed by atoms with Crippen molar-refractivity contribution in [3.05, 3.63) is 0 Å². The molecule has 0 aromatic carbocycles. The van der Waals surface area contributed by atoms with Gasteiger partial charge in [-0.3, -0.25) is 0 Å². The van der Waals surface area contributed by atoms with Crippen molar-refractivity contribution >= 4 is 27.6 Å². The monoisotopic (exact) mass is 349 g/mol. The molecule has 0 aliphatic heterocycles. The van der Waals surface area contributed by atoms with Crippen LogP contribution in [0.5, 0.6) is 0 Å². The van der Waals surface area contributed by atoms with Crippen LogP contribution in [0.15, 0.2) is 5.16 Å². The van der Waals surface area contributed by atoms with Crippen molar-refractivity contribution < 1.29 is 14.4 Å². The van der Waals surface area contributed by atoms with Crippen LogP contribution in [0.1, 0.15) is 72.1 Å². The summed E-state index contributed by atoms with van der Waals surface area (Å²) in [5, 5.41) is 3.55. The molecule has 0 saturated heterocycles. The average molecular weight is 350 g/mol. The molecule has 0 heterocycles. The number of alkyl halides is 1. The average Bonchev–Trinajstić information content (AvgIpc) is 2.42. The quantitative estimate of drug-likeness (QED) is 0.167. The Morgan fingerprint density at radius 2 is 1.75 bits per heavy atom. The fraction of sp³-hybridized carbons (Fsp3) is 0.867. The van der Waals surface area contributed by atoms with E-state index < -0.39 is 5.97 Å². The van der Waals surface area contributed by atoms with Crippen molar-refractivity contribution in [1.82, 2.24) is 0 Å². The summed E-state index contributed by atoms with van der Waals surface area (Å²) in [5.41, 5.74) is 0.264. The van der Waals surface area contributed by atoms with Crippen molar-refractivity contribution in [1.29, 1.82) is 0 Å². The lowest BCUT2D eigenvalue weighted by molar-refractivity contribution is -0.137. The highest BCUT2D eigenvalue weighted by Crippen LogP contribution is 2.13. The highest BCUT2D eigenvalue weighted by molar-refractivity contribution is 9.09. The molecule has 0 aromatic heterocycles. The third-order valence-corrected chi connectivity index (χ3v) is 3.50. The molecule has 1 atom stereocenters. The summed E-state index contributed by atoms with van der Waals surface area (Å²) in [4.78, 5) is 16.8. The maximum atomic E-state index is 11.7. The number of ether oxygens (including phenoxy) is 1. The summed E-state index contributed by atoms with van der Waals surface area (Å²) in [6.07, 6.45) is 8.67. The summed E-state index contributed by atoms with van der Waals surface area (Å²) in [7, 11) is 0. The van der Waals surface area contributed by atoms with Gasteiger partial charge in [0.2, 0.25) is 0 Å². The van der Waals surface area contributed by atoms with Crippen LogP contribution in [-0.2, 0) is 14.4 Å². The zero-order valence-corrected chi connectivity index (χ0v) is 14.6. The van der Waals surface area contributed by atoms with Crippen LogP contribution in [0.2, 0.25) is 0 Å². The number of esters is 1. The van der Waals surface area contributed by atoms with Crippen molar-refractivity contribution in [3.8, 4) is 0 Å². The molecule has 5 heteroatoms. The molecule has 0 aliphatic rings. The van der Waals surface area contributed by atoms with E-state index in [2.05, 4.69) is 34.9 Å². The van der Waals surface area contributed by atoms with Crippen LogP contribution in [-0.4, -0.2) is 23.3 Å². The van der Waals surface area contributed by atoms with E-state index in [-0.39, 0.29) is 10.7 Å². The Labute approximate surface area is 131 Å². The first kappa shape index (κ1) is 19.4. The standard InChI is InChI=1S/C15H28BrNO3/c1-4-6-8-10-12-19-17-13(3)15(18)20-14(16)11-9-7-5-2/h14H,4-12H2,1-3H3. The lowest BCUT2D eigenvalue weighted by Gasteiger charge is -2.10. The van der Waals surface area contributed by atoms with Gasteiger partial charge in [0.15, 0.2) is 10.7 Å². The van der Waals surface area contributed by atoms with Gasteiger partial charge in [0, 0.05) is 0 Å². The third-order valence-electron chi connectivity index (χ3n) is 2.86. The molecule has 0 N–H and O–H groups in total. The van der Waals surface area contributed by atoms with E-state index in [1.807, 2.05) is 0 Å². The molecule has 0 spiro atoms. The van der Waals surface area contributed by atoms with E-state index in [1.54, 1.807) is 6.92 Å². The van der Waals surface area contributed by atoms with Gasteiger partial charge in [-0.15, -0.1) is 0 Å². The summed E-state index contributed by atoms with van der Waals surface area (Å²) in [6.45, 7) is 6.47. The molecule has 0 aliphatic carbocycles. The van der Waals surface area contributed by atoms with Crippen LogP contribution in [0.3, 0.4) is 0 Å². The van der Waals surface area contributed by atoms with Crippen LogP contribution >= 0.6 is 15.9 Å². The van der Waals surface area contributed by atoms with E-state index in [0.29, 0.717) is 6.61 Å². The maximum Gasteiger partial charge on any atom is 0.356 e. The molecule has 0 amide bonds. The van der Waals surface area contributed by atoms with Gasteiger partial charge in [0.05, 0.1) is 0 Å². The number of carbonyl (C=O) groups is 1. The molecular formula is C15H28BrNO3. The Hall–Kier alpha value is -0.580. The largest absolute Gasteiger partial charge is 0.446 e. The predicted octanol–water partition coefficient (Wildman–Crippen LogP) is 4.80. The highest BCUT2D eigenvalue weighted by Gasteiger charge is 2.14. The van der Waals surface area contributed by atoms with Crippen molar-refractivity contribution in [2.24, 2.45) is 5.16 Å². The summed E-state index contributed by atoms with van der Waals surface area (Å²) < 4.78 is 5.22. The molecule has 0 aromatic rings. The van der Waals surface area contributed by atoms with Crippen LogP contribution in [0.4, 0.5) is 0 Å². The minimum atomic E-state index is -0.420. The van der Waals surface area contributed by atoms with Gasteiger partial charge in [0.1, 0.15) is 6.61 Å². The lowest BCUT2D eigenvalue weighted by atomic mass is 10.2.